The van der Waals surface area contributed by atoms with Gasteiger partial charge in [0.05, 0.1) is 5.71 Å². The largest absolute Gasteiger partial charge is 0.428 e. The lowest BCUT2D eigenvalue weighted by molar-refractivity contribution is -0.152. The number of rotatable bonds is 4. The summed E-state index contributed by atoms with van der Waals surface area (Å²) in [5.41, 5.74) is 0.680. The topological polar surface area (TPSA) is 82.0 Å². The Morgan fingerprint density at radius 1 is 1.11 bits per heavy atom. The van der Waals surface area contributed by atoms with E-state index in [1.807, 2.05) is 0 Å². The molecule has 0 heterocycles. The summed E-state index contributed by atoms with van der Waals surface area (Å²) in [5.74, 6) is 2.00. The quantitative estimate of drug-likeness (QED) is 0.326. The zero-order chi connectivity index (χ0) is 19.2. The molecule has 0 aromatic rings. The van der Waals surface area contributed by atoms with Crippen LogP contribution in [0.2, 0.25) is 0 Å². The van der Waals surface area contributed by atoms with Gasteiger partial charge in [-0.05, 0) is 61.7 Å². The van der Waals surface area contributed by atoms with Crippen LogP contribution in [0, 0.1) is 34.5 Å². The first kappa shape index (κ1) is 18.6. The first-order valence-electron chi connectivity index (χ1n) is 10.2. The van der Waals surface area contributed by atoms with Crippen LogP contribution in [0.1, 0.15) is 65.2 Å². The lowest BCUT2D eigenvalue weighted by Gasteiger charge is -2.58. The van der Waals surface area contributed by atoms with Crippen LogP contribution in [0.3, 0.4) is 0 Å². The van der Waals surface area contributed by atoms with Gasteiger partial charge in [0.15, 0.2) is 0 Å². The second-order valence-corrected chi connectivity index (χ2v) is 9.40. The first-order chi connectivity index (χ1) is 12.9. The summed E-state index contributed by atoms with van der Waals surface area (Å²) in [6.45, 7) is 4.57. The highest BCUT2D eigenvalue weighted by atomic mass is 16.7. The first-order valence-corrected chi connectivity index (χ1v) is 10.2. The molecule has 4 rings (SSSR count). The van der Waals surface area contributed by atoms with Crippen molar-refractivity contribution in [3.63, 3.8) is 0 Å². The van der Waals surface area contributed by atoms with E-state index in [9.17, 15) is 14.4 Å². The average molecular weight is 375 g/mol. The molecule has 4 fully saturated rings. The van der Waals surface area contributed by atoms with Gasteiger partial charge in [-0.2, -0.15) is 0 Å². The molecule has 0 aromatic heterocycles. The monoisotopic (exact) mass is 375 g/mol. The van der Waals surface area contributed by atoms with Crippen LogP contribution < -0.4 is 0 Å². The second-order valence-electron chi connectivity index (χ2n) is 9.40. The van der Waals surface area contributed by atoms with Crippen molar-refractivity contribution in [2.75, 3.05) is 6.79 Å². The third-order valence-electron chi connectivity index (χ3n) is 8.39. The maximum Gasteiger partial charge on any atom is 0.296 e. The van der Waals surface area contributed by atoms with Crippen LogP contribution in [0.5, 0.6) is 0 Å². The maximum atomic E-state index is 13.1. The van der Waals surface area contributed by atoms with Crippen molar-refractivity contribution in [3.8, 4) is 0 Å². The van der Waals surface area contributed by atoms with E-state index in [2.05, 4.69) is 23.7 Å². The number of oxime groups is 1. The van der Waals surface area contributed by atoms with Gasteiger partial charge in [0.2, 0.25) is 0 Å². The molecule has 6 heteroatoms. The molecule has 4 aliphatic carbocycles. The van der Waals surface area contributed by atoms with E-state index in [1.165, 1.54) is 0 Å². The summed E-state index contributed by atoms with van der Waals surface area (Å²) in [6, 6.07) is 0. The third-order valence-corrected chi connectivity index (χ3v) is 8.39. The molecule has 0 N–H and O–H groups in total. The van der Waals surface area contributed by atoms with Gasteiger partial charge in [-0.1, -0.05) is 19.0 Å². The molecule has 4 saturated carbocycles. The fraction of sp³-hybridized carbons (Fsp3) is 0.810. The molecular formula is C21H29NO5. The van der Waals surface area contributed by atoms with Crippen molar-refractivity contribution in [3.05, 3.63) is 0 Å². The Kier molecular flexibility index (Phi) is 4.63. The normalized spacial score (nSPS) is 45.0. The number of nitrogens with zero attached hydrogens (tertiary/aromatic N) is 1. The number of hydrogen-bond acceptors (Lipinski definition) is 6. The predicted molar refractivity (Wildman–Crippen MR) is 97.7 cm³/mol. The second kappa shape index (κ2) is 6.71. The van der Waals surface area contributed by atoms with Gasteiger partial charge >= 0.3 is 0 Å². The Morgan fingerprint density at radius 3 is 2.70 bits per heavy atom. The molecule has 0 saturated heterocycles. The zero-order valence-corrected chi connectivity index (χ0v) is 16.2. The summed E-state index contributed by atoms with van der Waals surface area (Å²) in [6.07, 6.45) is 6.67. The molecule has 0 amide bonds. The van der Waals surface area contributed by atoms with Crippen LogP contribution in [0.25, 0.3) is 0 Å². The number of Topliss-reactive ketones (excluding diaryl/α,β-unsaturated/α-hetero) is 2. The number of hydrogen-bond donors (Lipinski definition) is 0. The lowest BCUT2D eigenvalue weighted by Crippen LogP contribution is -2.56. The van der Waals surface area contributed by atoms with Crippen LogP contribution in [-0.2, 0) is 24.0 Å². The van der Waals surface area contributed by atoms with Gasteiger partial charge in [0, 0.05) is 24.2 Å². The molecule has 27 heavy (non-hydrogen) atoms. The zero-order valence-electron chi connectivity index (χ0n) is 16.2. The van der Waals surface area contributed by atoms with Gasteiger partial charge < -0.3 is 9.57 Å². The van der Waals surface area contributed by atoms with Crippen LogP contribution in [0.15, 0.2) is 5.16 Å². The molecule has 0 spiro atoms. The van der Waals surface area contributed by atoms with Crippen LogP contribution in [0.4, 0.5) is 0 Å². The molecule has 4 aliphatic rings. The smallest absolute Gasteiger partial charge is 0.296 e. The summed E-state index contributed by atoms with van der Waals surface area (Å²) in [5, 5.41) is 4.09. The van der Waals surface area contributed by atoms with Gasteiger partial charge in [0.25, 0.3) is 13.3 Å². The maximum absolute atomic E-state index is 13.1. The SMILES string of the molecule is C[C@]12CCC(=NOCOC=O)CC1C(=O)CC1C2CC[C@]2(C)C(=O)CCC12. The predicted octanol–water partition coefficient (Wildman–Crippen LogP) is 3.28. The highest BCUT2D eigenvalue weighted by Gasteiger charge is 2.62. The van der Waals surface area contributed by atoms with Gasteiger partial charge in [0.1, 0.15) is 11.6 Å². The Bertz CT molecular complexity index is 688. The molecule has 4 unspecified atom stereocenters. The fourth-order valence-electron chi connectivity index (χ4n) is 6.88. The molecule has 6 atom stereocenters. The van der Waals surface area contributed by atoms with Crippen molar-refractivity contribution in [1.82, 2.24) is 0 Å². The highest BCUT2D eigenvalue weighted by Crippen LogP contribution is 2.64. The summed E-state index contributed by atoms with van der Waals surface area (Å²) in [4.78, 5) is 40.8. The summed E-state index contributed by atoms with van der Waals surface area (Å²) in [7, 11) is 0. The average Bonchev–Trinajstić information content (AvgIpc) is 2.95. The number of fused-ring (bicyclic) bond motifs is 5. The lowest BCUT2D eigenvalue weighted by atomic mass is 9.45. The van der Waals surface area contributed by atoms with Crippen molar-refractivity contribution in [2.45, 2.75) is 65.2 Å². The van der Waals surface area contributed by atoms with Gasteiger partial charge in [-0.15, -0.1) is 0 Å². The fourth-order valence-corrected chi connectivity index (χ4v) is 6.88. The van der Waals surface area contributed by atoms with E-state index in [0.29, 0.717) is 55.1 Å². The molecule has 0 aromatic carbocycles. The van der Waals surface area contributed by atoms with E-state index in [1.54, 1.807) is 0 Å². The van der Waals surface area contributed by atoms with E-state index in [0.717, 1.165) is 37.8 Å². The standard InChI is InChI=1S/C21H29NO5/c1-20-7-5-13(22-27-12-26-11-23)9-17(20)18(24)10-14-15-3-4-19(25)21(15,2)8-6-16(14)20/h11,14-17H,3-10,12H2,1-2H3/t14?,15?,16?,17?,20-,21+/m1/s1. The molecule has 148 valence electrons. The van der Waals surface area contributed by atoms with E-state index < -0.39 is 0 Å². The number of ether oxygens (including phenoxy) is 1. The number of ketones is 2. The summed E-state index contributed by atoms with van der Waals surface area (Å²) < 4.78 is 4.50. The Hall–Kier alpha value is -1.72. The molecule has 6 nitrogen and oxygen atoms in total. The highest BCUT2D eigenvalue weighted by molar-refractivity contribution is 5.93. The molecule has 0 bridgehead atoms. The minimum atomic E-state index is -0.196. The third kappa shape index (κ3) is 2.83. The van der Waals surface area contributed by atoms with Crippen molar-refractivity contribution < 1.29 is 24.0 Å². The Labute approximate surface area is 160 Å². The number of carbonyl (C=O) groups excluding carboxylic acids is 3. The Balaban J connectivity index is 1.53. The molecule has 0 radical (unpaired) electrons. The minimum absolute atomic E-state index is 0.00865. The summed E-state index contributed by atoms with van der Waals surface area (Å²) >= 11 is 0. The van der Waals surface area contributed by atoms with E-state index in [4.69, 9.17) is 4.84 Å². The Morgan fingerprint density at radius 2 is 1.93 bits per heavy atom. The van der Waals surface area contributed by atoms with Crippen molar-refractivity contribution in [1.29, 1.82) is 0 Å². The van der Waals surface area contributed by atoms with Gasteiger partial charge in [-0.3, -0.25) is 14.4 Å². The molecule has 0 aliphatic heterocycles. The van der Waals surface area contributed by atoms with Crippen LogP contribution >= 0.6 is 0 Å². The van der Waals surface area contributed by atoms with Crippen LogP contribution in [-0.4, -0.2) is 30.5 Å². The van der Waals surface area contributed by atoms with Crippen molar-refractivity contribution in [2.24, 2.45) is 39.7 Å². The number of carbonyl (C=O) groups is 3. The van der Waals surface area contributed by atoms with Gasteiger partial charge in [-0.25, -0.2) is 0 Å². The molecular weight excluding hydrogens is 346 g/mol. The minimum Gasteiger partial charge on any atom is -0.428 e. The van der Waals surface area contributed by atoms with Crippen molar-refractivity contribution >= 4 is 23.8 Å². The van der Waals surface area contributed by atoms with E-state index in [-0.39, 0.29) is 23.5 Å². The van der Waals surface area contributed by atoms with E-state index >= 15 is 0 Å².